The number of halogens is 3. The lowest BCUT2D eigenvalue weighted by Crippen LogP contribution is -2.58. The fourth-order valence-electron chi connectivity index (χ4n) is 5.84. The Labute approximate surface area is 275 Å². The Bertz CT molecular complexity index is 1540. The number of hydrogen-bond donors (Lipinski definition) is 2. The van der Waals surface area contributed by atoms with Gasteiger partial charge in [-0.25, -0.2) is 9.59 Å². The number of alkyl halides is 3. The Morgan fingerprint density at radius 3 is 2.50 bits per heavy atom. The first-order valence-electron chi connectivity index (χ1n) is 15.2. The molecule has 16 heteroatoms. The quantitative estimate of drug-likeness (QED) is 0.367. The van der Waals surface area contributed by atoms with E-state index in [0.29, 0.717) is 30.4 Å². The summed E-state index contributed by atoms with van der Waals surface area (Å²) in [5.74, 6) is -1.23. The third-order valence-corrected chi connectivity index (χ3v) is 8.16. The number of carbonyl (C=O) groups is 4. The van der Waals surface area contributed by atoms with Crippen molar-refractivity contribution < 1.29 is 56.4 Å². The van der Waals surface area contributed by atoms with Crippen LogP contribution in [-0.2, 0) is 15.7 Å². The zero-order chi connectivity index (χ0) is 35.4. The molecule has 2 aromatic carbocycles. The van der Waals surface area contributed by atoms with Crippen molar-refractivity contribution in [3.8, 4) is 17.2 Å². The molecule has 0 spiro atoms. The first-order chi connectivity index (χ1) is 22.6. The number of methoxy groups -OCH3 is 2. The van der Waals surface area contributed by atoms with Gasteiger partial charge in [0.05, 0.1) is 37.1 Å². The highest BCUT2D eigenvalue weighted by molar-refractivity contribution is 6.05. The van der Waals surface area contributed by atoms with Gasteiger partial charge in [0.15, 0.2) is 0 Å². The van der Waals surface area contributed by atoms with Crippen LogP contribution in [-0.4, -0.2) is 104 Å². The van der Waals surface area contributed by atoms with Crippen molar-refractivity contribution in [3.05, 3.63) is 47.5 Å². The monoisotopic (exact) mass is 680 g/mol. The minimum absolute atomic E-state index is 0.0654. The molecule has 2 atom stereocenters. The van der Waals surface area contributed by atoms with Crippen LogP contribution in [0.1, 0.15) is 49.5 Å². The van der Waals surface area contributed by atoms with E-state index in [1.54, 1.807) is 38.1 Å². The molecule has 13 nitrogen and oxygen atoms in total. The average molecular weight is 681 g/mol. The predicted octanol–water partition coefficient (Wildman–Crippen LogP) is 4.63. The molecule has 1 saturated heterocycles. The van der Waals surface area contributed by atoms with E-state index in [-0.39, 0.29) is 37.6 Å². The number of carbonyl (C=O) groups excluding carboxylic acids is 3. The number of nitrogens with one attached hydrogen (secondary N) is 1. The summed E-state index contributed by atoms with van der Waals surface area (Å²) in [5, 5.41) is 12.0. The Hall–Kier alpha value is -4.89. The molecule has 1 fully saturated rings. The number of hydrogen-bond acceptors (Lipinski definition) is 8. The van der Waals surface area contributed by atoms with Gasteiger partial charge in [0.25, 0.3) is 11.8 Å². The number of benzene rings is 2. The molecule has 4 rings (SSSR count). The van der Waals surface area contributed by atoms with Gasteiger partial charge in [0.1, 0.15) is 23.9 Å². The number of amides is 4. The molecule has 1 unspecified atom stereocenters. The summed E-state index contributed by atoms with van der Waals surface area (Å²) in [4.78, 5) is 55.1. The van der Waals surface area contributed by atoms with E-state index < -0.39 is 65.6 Å². The minimum atomic E-state index is -5.02. The average Bonchev–Trinajstić information content (AvgIpc) is 3.04. The number of anilines is 1. The fourth-order valence-corrected chi connectivity index (χ4v) is 5.84. The zero-order valence-electron chi connectivity index (χ0n) is 27.3. The van der Waals surface area contributed by atoms with Crippen molar-refractivity contribution in [1.29, 1.82) is 0 Å². The highest BCUT2D eigenvalue weighted by Gasteiger charge is 2.48. The summed E-state index contributed by atoms with van der Waals surface area (Å²) in [7, 11) is 2.61. The number of piperidine rings is 1. The topological polar surface area (TPSA) is 147 Å². The zero-order valence-corrected chi connectivity index (χ0v) is 27.3. The van der Waals surface area contributed by atoms with Crippen molar-refractivity contribution in [3.63, 3.8) is 0 Å². The maximum atomic E-state index is 14.7. The van der Waals surface area contributed by atoms with Gasteiger partial charge in [-0.1, -0.05) is 6.07 Å². The van der Waals surface area contributed by atoms with E-state index in [4.69, 9.17) is 14.2 Å². The molecule has 0 bridgehead atoms. The molecule has 48 heavy (non-hydrogen) atoms. The van der Waals surface area contributed by atoms with Crippen molar-refractivity contribution in [2.24, 2.45) is 0 Å². The lowest BCUT2D eigenvalue weighted by atomic mass is 9.96. The Morgan fingerprint density at radius 2 is 1.88 bits per heavy atom. The molecule has 4 amide bonds. The second-order valence-electron chi connectivity index (χ2n) is 11.9. The Morgan fingerprint density at radius 1 is 1.17 bits per heavy atom. The van der Waals surface area contributed by atoms with E-state index in [9.17, 15) is 37.5 Å². The molecular weight excluding hydrogens is 641 g/mol. The number of alkyl carbamates (subject to hydrolysis) is 1. The number of rotatable bonds is 10. The molecule has 262 valence electrons. The molecule has 0 aliphatic carbocycles. The summed E-state index contributed by atoms with van der Waals surface area (Å²) in [6.07, 6.45) is -6.19. The highest BCUT2D eigenvalue weighted by Crippen LogP contribution is 2.45. The maximum Gasteiger partial charge on any atom is 0.417 e. The van der Waals surface area contributed by atoms with E-state index in [1.165, 1.54) is 18.9 Å². The SMILES string of the molecule is COC(=O)NCCN1C(=O)C(C)(COc2cccc(OC)c2)Oc2cc(C(F)(F)F)c(C(=O)N(C(C)C)[C@@H]3CCCN(C(=O)O)C3)cc21. The number of likely N-dealkylation sites (tertiary alicyclic amines) is 1. The number of carboxylic acid groups (broad SMARTS) is 1. The van der Waals surface area contributed by atoms with Crippen molar-refractivity contribution >= 4 is 29.7 Å². The Balaban J connectivity index is 1.78. The molecule has 0 aromatic heterocycles. The predicted molar refractivity (Wildman–Crippen MR) is 166 cm³/mol. The molecular formula is C32H39F3N4O9. The summed E-state index contributed by atoms with van der Waals surface area (Å²) >= 11 is 0. The van der Waals surface area contributed by atoms with Crippen molar-refractivity contribution in [2.45, 2.75) is 57.5 Å². The lowest BCUT2D eigenvalue weighted by Gasteiger charge is -2.42. The Kier molecular flexibility index (Phi) is 10.8. The largest absolute Gasteiger partial charge is 0.497 e. The van der Waals surface area contributed by atoms with Gasteiger partial charge in [0, 0.05) is 38.3 Å². The minimum Gasteiger partial charge on any atom is -0.497 e. The van der Waals surface area contributed by atoms with Crippen LogP contribution in [0.3, 0.4) is 0 Å². The van der Waals surface area contributed by atoms with E-state index in [2.05, 4.69) is 10.1 Å². The van der Waals surface area contributed by atoms with Gasteiger partial charge >= 0.3 is 18.4 Å². The first kappa shape index (κ1) is 36.0. The van der Waals surface area contributed by atoms with Crippen molar-refractivity contribution in [1.82, 2.24) is 15.1 Å². The second-order valence-corrected chi connectivity index (χ2v) is 11.9. The highest BCUT2D eigenvalue weighted by atomic mass is 19.4. The summed E-state index contributed by atoms with van der Waals surface area (Å²) in [6, 6.07) is 6.87. The molecule has 2 heterocycles. The van der Waals surface area contributed by atoms with Crippen molar-refractivity contribution in [2.75, 3.05) is 51.9 Å². The standard InChI is InChI=1S/C32H39F3N4O9/c1-19(2)39(20-8-7-12-37(17-20)30(43)44)27(40)23-15-25-26(16-24(23)32(33,34)35)48-31(3,18-47-22-10-6-9-21(14-22)45-4)28(41)38(25)13-11-36-29(42)46-5/h6,9-10,14-16,19-20H,7-8,11-13,17-18H2,1-5H3,(H,36,42)(H,43,44)/t20-,31?/m1/s1. The van der Waals surface area contributed by atoms with Crippen LogP contribution in [0.2, 0.25) is 0 Å². The maximum absolute atomic E-state index is 14.7. The van der Waals surface area contributed by atoms with Gasteiger partial charge < -0.3 is 44.1 Å². The van der Waals surface area contributed by atoms with Gasteiger partial charge in [-0.15, -0.1) is 0 Å². The summed E-state index contributed by atoms with van der Waals surface area (Å²) < 4.78 is 65.7. The molecule has 0 saturated carbocycles. The van der Waals surface area contributed by atoms with Crippen LogP contribution in [0.4, 0.5) is 28.4 Å². The van der Waals surface area contributed by atoms with Crippen LogP contribution in [0.25, 0.3) is 0 Å². The van der Waals surface area contributed by atoms with Gasteiger partial charge in [-0.2, -0.15) is 13.2 Å². The smallest absolute Gasteiger partial charge is 0.417 e. The van der Waals surface area contributed by atoms with Crippen LogP contribution in [0.15, 0.2) is 36.4 Å². The number of nitrogens with zero attached hydrogens (tertiary/aromatic N) is 3. The van der Waals surface area contributed by atoms with Crippen LogP contribution in [0.5, 0.6) is 17.2 Å². The summed E-state index contributed by atoms with van der Waals surface area (Å²) in [6.45, 7) is 4.02. The fraction of sp³-hybridized carbons (Fsp3) is 0.500. The molecule has 0 radical (unpaired) electrons. The molecule has 2 aliphatic heterocycles. The van der Waals surface area contributed by atoms with E-state index >= 15 is 0 Å². The molecule has 2 N–H and O–H groups in total. The van der Waals surface area contributed by atoms with Crippen LogP contribution >= 0.6 is 0 Å². The molecule has 2 aromatic rings. The molecule has 2 aliphatic rings. The number of ether oxygens (including phenoxy) is 4. The normalized spacial score (nSPS) is 19.3. The van der Waals surface area contributed by atoms with Gasteiger partial charge in [0.2, 0.25) is 5.60 Å². The van der Waals surface area contributed by atoms with E-state index in [1.807, 2.05) is 0 Å². The van der Waals surface area contributed by atoms with Gasteiger partial charge in [-0.05, 0) is 57.9 Å². The van der Waals surface area contributed by atoms with Gasteiger partial charge in [-0.3, -0.25) is 9.59 Å². The second kappa shape index (κ2) is 14.5. The number of fused-ring (bicyclic) bond motifs is 1. The lowest BCUT2D eigenvalue weighted by molar-refractivity contribution is -0.139. The third kappa shape index (κ3) is 7.80. The summed E-state index contributed by atoms with van der Waals surface area (Å²) in [5.41, 5.74) is -3.98. The third-order valence-electron chi connectivity index (χ3n) is 8.16. The first-order valence-corrected chi connectivity index (χ1v) is 15.2. The van der Waals surface area contributed by atoms with E-state index in [0.717, 1.165) is 23.0 Å². The van der Waals surface area contributed by atoms with Crippen LogP contribution < -0.4 is 24.4 Å². The van der Waals surface area contributed by atoms with Crippen LogP contribution in [0, 0.1) is 0 Å².